The van der Waals surface area contributed by atoms with E-state index in [1.165, 1.54) is 0 Å². The minimum atomic E-state index is -0.402. The maximum Gasteiger partial charge on any atom is 0.244 e. The van der Waals surface area contributed by atoms with Gasteiger partial charge in [-0.2, -0.15) is 0 Å². The van der Waals surface area contributed by atoms with Crippen molar-refractivity contribution in [2.45, 2.75) is 38.1 Å². The molecule has 1 aromatic carbocycles. The Kier molecular flexibility index (Phi) is 3.88. The SMILES string of the molecule is CCCC1(C(=O)Nc2cnc3ccccc3c2)CCCN1. The molecule has 1 aliphatic heterocycles. The van der Waals surface area contributed by atoms with Crippen LogP contribution >= 0.6 is 0 Å². The number of benzene rings is 1. The van der Waals surface area contributed by atoms with Crippen LogP contribution in [-0.4, -0.2) is 23.0 Å². The molecule has 1 atom stereocenters. The van der Waals surface area contributed by atoms with Crippen LogP contribution in [0.4, 0.5) is 5.69 Å². The highest BCUT2D eigenvalue weighted by Gasteiger charge is 2.39. The molecule has 1 saturated heterocycles. The van der Waals surface area contributed by atoms with E-state index >= 15 is 0 Å². The van der Waals surface area contributed by atoms with Gasteiger partial charge in [-0.3, -0.25) is 9.78 Å². The molecule has 0 bridgehead atoms. The summed E-state index contributed by atoms with van der Waals surface area (Å²) in [5.74, 6) is 0.0685. The van der Waals surface area contributed by atoms with Gasteiger partial charge in [-0.25, -0.2) is 0 Å². The zero-order valence-corrected chi connectivity index (χ0v) is 12.4. The number of hydrogen-bond donors (Lipinski definition) is 2. The highest BCUT2D eigenvalue weighted by atomic mass is 16.2. The first-order valence-electron chi connectivity index (χ1n) is 7.65. The molecule has 21 heavy (non-hydrogen) atoms. The van der Waals surface area contributed by atoms with Crippen molar-refractivity contribution in [2.24, 2.45) is 0 Å². The molecule has 0 radical (unpaired) electrons. The predicted molar refractivity (Wildman–Crippen MR) is 85.2 cm³/mol. The van der Waals surface area contributed by atoms with Crippen molar-refractivity contribution in [3.63, 3.8) is 0 Å². The molecular weight excluding hydrogens is 262 g/mol. The number of anilines is 1. The van der Waals surface area contributed by atoms with Gasteiger partial charge < -0.3 is 10.6 Å². The number of carbonyl (C=O) groups is 1. The van der Waals surface area contributed by atoms with E-state index < -0.39 is 5.54 Å². The van der Waals surface area contributed by atoms with Crippen molar-refractivity contribution >= 4 is 22.5 Å². The molecule has 1 aliphatic rings. The smallest absolute Gasteiger partial charge is 0.244 e. The van der Waals surface area contributed by atoms with E-state index in [-0.39, 0.29) is 5.91 Å². The molecule has 1 amide bonds. The van der Waals surface area contributed by atoms with E-state index in [2.05, 4.69) is 22.5 Å². The van der Waals surface area contributed by atoms with Gasteiger partial charge in [0.25, 0.3) is 0 Å². The third-order valence-electron chi connectivity index (χ3n) is 4.20. The molecule has 2 N–H and O–H groups in total. The molecule has 4 heteroatoms. The van der Waals surface area contributed by atoms with Crippen LogP contribution in [0.25, 0.3) is 10.9 Å². The zero-order valence-electron chi connectivity index (χ0n) is 12.4. The number of aromatic nitrogens is 1. The Morgan fingerprint density at radius 2 is 2.29 bits per heavy atom. The van der Waals surface area contributed by atoms with Crippen LogP contribution in [0.1, 0.15) is 32.6 Å². The minimum Gasteiger partial charge on any atom is -0.323 e. The molecule has 1 aromatic heterocycles. The van der Waals surface area contributed by atoms with Gasteiger partial charge in [0.2, 0.25) is 5.91 Å². The molecule has 1 fully saturated rings. The van der Waals surface area contributed by atoms with E-state index in [9.17, 15) is 4.79 Å². The molecule has 3 rings (SSSR count). The third kappa shape index (κ3) is 2.76. The van der Waals surface area contributed by atoms with Gasteiger partial charge in [-0.05, 0) is 37.9 Å². The van der Waals surface area contributed by atoms with E-state index in [1.54, 1.807) is 6.20 Å². The fourth-order valence-corrected chi connectivity index (χ4v) is 3.14. The quantitative estimate of drug-likeness (QED) is 0.906. The van der Waals surface area contributed by atoms with Gasteiger partial charge in [0.1, 0.15) is 0 Å². The van der Waals surface area contributed by atoms with E-state index in [0.717, 1.165) is 48.8 Å². The second-order valence-corrected chi connectivity index (χ2v) is 5.73. The lowest BCUT2D eigenvalue weighted by atomic mass is 9.91. The molecule has 2 heterocycles. The van der Waals surface area contributed by atoms with Crippen molar-refractivity contribution in [3.8, 4) is 0 Å². The first kappa shape index (κ1) is 14.0. The summed E-state index contributed by atoms with van der Waals surface area (Å²) >= 11 is 0. The van der Waals surface area contributed by atoms with Crippen LogP contribution < -0.4 is 10.6 Å². The summed E-state index contributed by atoms with van der Waals surface area (Å²) in [7, 11) is 0. The van der Waals surface area contributed by atoms with E-state index in [4.69, 9.17) is 0 Å². The van der Waals surface area contributed by atoms with Gasteiger partial charge >= 0.3 is 0 Å². The molecule has 4 nitrogen and oxygen atoms in total. The van der Waals surface area contributed by atoms with Crippen LogP contribution in [0.5, 0.6) is 0 Å². The maximum atomic E-state index is 12.7. The monoisotopic (exact) mass is 283 g/mol. The highest BCUT2D eigenvalue weighted by molar-refractivity contribution is 5.99. The first-order chi connectivity index (χ1) is 10.2. The Hall–Kier alpha value is -1.94. The summed E-state index contributed by atoms with van der Waals surface area (Å²) in [5.41, 5.74) is 1.31. The number of carbonyl (C=O) groups excluding carboxylic acids is 1. The fraction of sp³-hybridized carbons (Fsp3) is 0.412. The van der Waals surface area contributed by atoms with Gasteiger partial charge in [0, 0.05) is 5.39 Å². The Morgan fingerprint density at radius 3 is 3.05 bits per heavy atom. The standard InChI is InChI=1S/C17H21N3O/c1-2-8-17(9-5-10-19-17)16(21)20-14-11-13-6-3-4-7-15(13)18-12-14/h3-4,6-7,11-12,19H,2,5,8-10H2,1H3,(H,20,21). The third-order valence-corrected chi connectivity index (χ3v) is 4.20. The number of amides is 1. The summed E-state index contributed by atoms with van der Waals surface area (Å²) in [5, 5.41) is 7.47. The van der Waals surface area contributed by atoms with Gasteiger partial charge in [0.05, 0.1) is 22.9 Å². The van der Waals surface area contributed by atoms with Crippen LogP contribution in [0.15, 0.2) is 36.5 Å². The highest BCUT2D eigenvalue weighted by Crippen LogP contribution is 2.27. The second kappa shape index (κ2) is 5.82. The van der Waals surface area contributed by atoms with Crippen LogP contribution in [-0.2, 0) is 4.79 Å². The van der Waals surface area contributed by atoms with Crippen LogP contribution in [0.2, 0.25) is 0 Å². The molecule has 0 aliphatic carbocycles. The Balaban J connectivity index is 1.82. The average molecular weight is 283 g/mol. The summed E-state index contributed by atoms with van der Waals surface area (Å²) in [4.78, 5) is 17.1. The summed E-state index contributed by atoms with van der Waals surface area (Å²) in [6.45, 7) is 3.04. The Labute approximate surface area is 125 Å². The minimum absolute atomic E-state index is 0.0685. The molecule has 0 saturated carbocycles. The van der Waals surface area contributed by atoms with Crippen LogP contribution in [0.3, 0.4) is 0 Å². The van der Waals surface area contributed by atoms with Gasteiger partial charge in [-0.15, -0.1) is 0 Å². The summed E-state index contributed by atoms with van der Waals surface area (Å²) in [6, 6.07) is 9.90. The maximum absolute atomic E-state index is 12.7. The number of nitrogens with zero attached hydrogens (tertiary/aromatic N) is 1. The lowest BCUT2D eigenvalue weighted by Gasteiger charge is -2.27. The molecule has 110 valence electrons. The Bertz CT molecular complexity index is 647. The van der Waals surface area contributed by atoms with E-state index in [1.807, 2.05) is 30.3 Å². The van der Waals surface area contributed by atoms with Crippen molar-refractivity contribution in [1.82, 2.24) is 10.3 Å². The topological polar surface area (TPSA) is 54.0 Å². The molecule has 2 aromatic rings. The predicted octanol–water partition coefficient (Wildman–Crippen LogP) is 3.10. The second-order valence-electron chi connectivity index (χ2n) is 5.73. The number of fused-ring (bicyclic) bond motifs is 1. The first-order valence-corrected chi connectivity index (χ1v) is 7.65. The van der Waals surface area contributed by atoms with Gasteiger partial charge in [0.15, 0.2) is 0 Å². The lowest BCUT2D eigenvalue weighted by molar-refractivity contribution is -0.122. The summed E-state index contributed by atoms with van der Waals surface area (Å²) < 4.78 is 0. The number of pyridine rings is 1. The normalized spacial score (nSPS) is 21.6. The van der Waals surface area contributed by atoms with Gasteiger partial charge in [-0.1, -0.05) is 31.5 Å². The molecule has 0 spiro atoms. The lowest BCUT2D eigenvalue weighted by Crippen LogP contribution is -2.50. The largest absolute Gasteiger partial charge is 0.323 e. The molecule has 1 unspecified atom stereocenters. The fourth-order valence-electron chi connectivity index (χ4n) is 3.14. The number of nitrogens with one attached hydrogen (secondary N) is 2. The number of para-hydroxylation sites is 1. The zero-order chi connectivity index (χ0) is 14.7. The summed E-state index contributed by atoms with van der Waals surface area (Å²) in [6.07, 6.45) is 5.57. The van der Waals surface area contributed by atoms with Crippen molar-refractivity contribution in [3.05, 3.63) is 36.5 Å². The van der Waals surface area contributed by atoms with Crippen molar-refractivity contribution < 1.29 is 4.79 Å². The van der Waals surface area contributed by atoms with Crippen molar-refractivity contribution in [2.75, 3.05) is 11.9 Å². The average Bonchev–Trinajstić information content (AvgIpc) is 2.97. The number of rotatable bonds is 4. The van der Waals surface area contributed by atoms with E-state index in [0.29, 0.717) is 0 Å². The van der Waals surface area contributed by atoms with Crippen LogP contribution in [0, 0.1) is 0 Å². The van der Waals surface area contributed by atoms with Crippen molar-refractivity contribution in [1.29, 1.82) is 0 Å². The Morgan fingerprint density at radius 1 is 1.43 bits per heavy atom. The molecular formula is C17H21N3O. The number of hydrogen-bond acceptors (Lipinski definition) is 3.